The lowest BCUT2D eigenvalue weighted by Crippen LogP contribution is -2.27. The Balaban J connectivity index is 1.78. The van der Waals surface area contributed by atoms with Crippen molar-refractivity contribution in [2.45, 2.75) is 51.4 Å². The van der Waals surface area contributed by atoms with E-state index in [1.54, 1.807) is 12.1 Å². The summed E-state index contributed by atoms with van der Waals surface area (Å²) >= 11 is 0. The Morgan fingerprint density at radius 3 is 2.95 bits per heavy atom. The van der Waals surface area contributed by atoms with E-state index in [9.17, 15) is 8.78 Å². The van der Waals surface area contributed by atoms with Crippen molar-refractivity contribution in [1.29, 1.82) is 0 Å². The minimum Gasteiger partial charge on any atom is -0.435 e. The highest BCUT2D eigenvalue weighted by Crippen LogP contribution is 2.21. The first-order valence-electron chi connectivity index (χ1n) is 7.55. The van der Waals surface area contributed by atoms with Crippen LogP contribution in [0.2, 0.25) is 0 Å². The maximum absolute atomic E-state index is 12.2. The SMILES string of the molecule is CC(NCCC1CCCCO1)c1cccc(OC(F)F)c1. The molecule has 0 amide bonds. The van der Waals surface area contributed by atoms with Gasteiger partial charge in [0.15, 0.2) is 0 Å². The molecule has 1 saturated heterocycles. The van der Waals surface area contributed by atoms with E-state index in [1.165, 1.54) is 12.5 Å². The molecule has 2 atom stereocenters. The summed E-state index contributed by atoms with van der Waals surface area (Å²) in [6.45, 7) is 0.953. The summed E-state index contributed by atoms with van der Waals surface area (Å²) in [4.78, 5) is 0. The van der Waals surface area contributed by atoms with Gasteiger partial charge in [-0.15, -0.1) is 0 Å². The summed E-state index contributed by atoms with van der Waals surface area (Å²) in [5.41, 5.74) is 0.942. The highest BCUT2D eigenvalue weighted by Gasteiger charge is 2.14. The first kappa shape index (κ1) is 16.2. The fourth-order valence-corrected chi connectivity index (χ4v) is 2.57. The van der Waals surface area contributed by atoms with Gasteiger partial charge in [-0.2, -0.15) is 8.78 Å². The molecule has 0 bridgehead atoms. The molecule has 1 heterocycles. The molecule has 0 aliphatic carbocycles. The van der Waals surface area contributed by atoms with Gasteiger partial charge >= 0.3 is 6.61 Å². The molecule has 1 aliphatic heterocycles. The molecular formula is C16H23F2NO2. The van der Waals surface area contributed by atoms with Gasteiger partial charge in [0.2, 0.25) is 0 Å². The molecule has 21 heavy (non-hydrogen) atoms. The van der Waals surface area contributed by atoms with Gasteiger partial charge in [-0.05, 0) is 56.8 Å². The van der Waals surface area contributed by atoms with Crippen LogP contribution in [0.4, 0.5) is 8.78 Å². The van der Waals surface area contributed by atoms with E-state index < -0.39 is 6.61 Å². The zero-order chi connectivity index (χ0) is 15.1. The quantitative estimate of drug-likeness (QED) is 0.828. The molecule has 0 spiro atoms. The predicted octanol–water partition coefficient (Wildman–Crippen LogP) is 3.90. The summed E-state index contributed by atoms with van der Waals surface area (Å²) in [7, 11) is 0. The van der Waals surface area contributed by atoms with Crippen molar-refractivity contribution in [2.75, 3.05) is 13.2 Å². The lowest BCUT2D eigenvalue weighted by Gasteiger charge is -2.23. The van der Waals surface area contributed by atoms with Crippen molar-refractivity contribution in [1.82, 2.24) is 5.32 Å². The first-order chi connectivity index (χ1) is 10.1. The third-order valence-corrected chi connectivity index (χ3v) is 3.77. The van der Waals surface area contributed by atoms with E-state index in [2.05, 4.69) is 10.1 Å². The zero-order valence-corrected chi connectivity index (χ0v) is 12.4. The third-order valence-electron chi connectivity index (χ3n) is 3.77. The van der Waals surface area contributed by atoms with Crippen LogP contribution in [-0.2, 0) is 4.74 Å². The van der Waals surface area contributed by atoms with Crippen LogP contribution in [-0.4, -0.2) is 25.9 Å². The van der Waals surface area contributed by atoms with Gasteiger partial charge in [0, 0.05) is 12.6 Å². The van der Waals surface area contributed by atoms with Crippen molar-refractivity contribution >= 4 is 0 Å². The van der Waals surface area contributed by atoms with Crippen molar-refractivity contribution in [2.24, 2.45) is 0 Å². The Hall–Kier alpha value is -1.20. The standard InChI is InChI=1S/C16H23F2NO2/c1-12(19-9-8-14-6-2-3-10-20-14)13-5-4-7-15(11-13)21-16(17)18/h4-5,7,11-12,14,16,19H,2-3,6,8-10H2,1H3. The van der Waals surface area contributed by atoms with E-state index in [0.29, 0.717) is 6.10 Å². The van der Waals surface area contributed by atoms with Crippen LogP contribution in [0, 0.1) is 0 Å². The Bertz CT molecular complexity index is 422. The number of benzene rings is 1. The van der Waals surface area contributed by atoms with Crippen LogP contribution in [0.25, 0.3) is 0 Å². The number of alkyl halides is 2. The molecule has 1 aromatic carbocycles. The summed E-state index contributed by atoms with van der Waals surface area (Å²) in [5.74, 6) is 0.201. The molecule has 118 valence electrons. The molecule has 3 nitrogen and oxygen atoms in total. The fourth-order valence-electron chi connectivity index (χ4n) is 2.57. The molecule has 2 unspecified atom stereocenters. The molecular weight excluding hydrogens is 276 g/mol. The van der Waals surface area contributed by atoms with Crippen LogP contribution in [0.5, 0.6) is 5.75 Å². The fraction of sp³-hybridized carbons (Fsp3) is 0.625. The molecule has 1 N–H and O–H groups in total. The summed E-state index contributed by atoms with van der Waals surface area (Å²) in [5, 5.41) is 3.40. The van der Waals surface area contributed by atoms with Crippen LogP contribution >= 0.6 is 0 Å². The zero-order valence-electron chi connectivity index (χ0n) is 12.4. The molecule has 0 aromatic heterocycles. The number of nitrogens with one attached hydrogen (secondary N) is 1. The van der Waals surface area contributed by atoms with Gasteiger partial charge in [-0.1, -0.05) is 12.1 Å². The molecule has 1 aliphatic rings. The maximum atomic E-state index is 12.2. The largest absolute Gasteiger partial charge is 0.435 e. The Labute approximate surface area is 124 Å². The molecule has 1 aromatic rings. The van der Waals surface area contributed by atoms with Crippen LogP contribution < -0.4 is 10.1 Å². The van der Waals surface area contributed by atoms with Crippen molar-refractivity contribution in [3.05, 3.63) is 29.8 Å². The number of halogens is 2. The van der Waals surface area contributed by atoms with E-state index in [-0.39, 0.29) is 11.8 Å². The van der Waals surface area contributed by atoms with E-state index >= 15 is 0 Å². The summed E-state index contributed by atoms with van der Waals surface area (Å²) < 4.78 is 34.5. The Morgan fingerprint density at radius 1 is 1.38 bits per heavy atom. The van der Waals surface area contributed by atoms with Crippen molar-refractivity contribution < 1.29 is 18.3 Å². The average Bonchev–Trinajstić information content (AvgIpc) is 2.48. The van der Waals surface area contributed by atoms with Gasteiger partial charge < -0.3 is 14.8 Å². The Morgan fingerprint density at radius 2 is 2.24 bits per heavy atom. The van der Waals surface area contributed by atoms with Crippen LogP contribution in [0.1, 0.15) is 44.2 Å². The third kappa shape index (κ3) is 5.59. The number of hydrogen-bond donors (Lipinski definition) is 1. The van der Waals surface area contributed by atoms with Crippen LogP contribution in [0.3, 0.4) is 0 Å². The minimum atomic E-state index is -2.79. The smallest absolute Gasteiger partial charge is 0.387 e. The molecule has 0 radical (unpaired) electrons. The monoisotopic (exact) mass is 299 g/mol. The molecule has 2 rings (SSSR count). The first-order valence-corrected chi connectivity index (χ1v) is 7.55. The van der Waals surface area contributed by atoms with Gasteiger partial charge in [-0.3, -0.25) is 0 Å². The highest BCUT2D eigenvalue weighted by molar-refractivity contribution is 5.30. The summed E-state index contributed by atoms with van der Waals surface area (Å²) in [6, 6.07) is 6.93. The van der Waals surface area contributed by atoms with Crippen LogP contribution in [0.15, 0.2) is 24.3 Å². The second kappa shape index (κ2) is 8.29. The average molecular weight is 299 g/mol. The highest BCUT2D eigenvalue weighted by atomic mass is 19.3. The van der Waals surface area contributed by atoms with E-state index in [4.69, 9.17) is 4.74 Å². The number of rotatable bonds is 7. The molecule has 1 fully saturated rings. The molecule has 0 saturated carbocycles. The van der Waals surface area contributed by atoms with Gasteiger partial charge in [0.05, 0.1) is 6.10 Å². The molecule has 5 heteroatoms. The van der Waals surface area contributed by atoms with E-state index in [1.807, 2.05) is 13.0 Å². The second-order valence-electron chi connectivity index (χ2n) is 5.40. The van der Waals surface area contributed by atoms with Gasteiger partial charge in [0.1, 0.15) is 5.75 Å². The van der Waals surface area contributed by atoms with Gasteiger partial charge in [0.25, 0.3) is 0 Å². The van der Waals surface area contributed by atoms with Crippen molar-refractivity contribution in [3.8, 4) is 5.75 Å². The van der Waals surface area contributed by atoms with E-state index in [0.717, 1.165) is 38.0 Å². The number of hydrogen-bond acceptors (Lipinski definition) is 3. The topological polar surface area (TPSA) is 30.5 Å². The predicted molar refractivity (Wildman–Crippen MR) is 77.7 cm³/mol. The second-order valence-corrected chi connectivity index (χ2v) is 5.40. The normalized spacial score (nSPS) is 20.5. The summed E-state index contributed by atoms with van der Waals surface area (Å²) in [6.07, 6.45) is 4.88. The minimum absolute atomic E-state index is 0.0924. The number of ether oxygens (including phenoxy) is 2. The lowest BCUT2D eigenvalue weighted by molar-refractivity contribution is -0.0499. The van der Waals surface area contributed by atoms with Crippen molar-refractivity contribution in [3.63, 3.8) is 0 Å². The Kier molecular flexibility index (Phi) is 6.39. The van der Waals surface area contributed by atoms with Gasteiger partial charge in [-0.25, -0.2) is 0 Å². The maximum Gasteiger partial charge on any atom is 0.387 e. The lowest BCUT2D eigenvalue weighted by atomic mass is 10.1.